The lowest BCUT2D eigenvalue weighted by Crippen LogP contribution is -2.45. The van der Waals surface area contributed by atoms with Gasteiger partial charge in [-0.3, -0.25) is 14.4 Å². The van der Waals surface area contributed by atoms with Crippen molar-refractivity contribution in [3.8, 4) is 11.1 Å². The predicted molar refractivity (Wildman–Crippen MR) is 115 cm³/mol. The Bertz CT molecular complexity index is 865. The minimum absolute atomic E-state index is 0.169. The molecule has 30 heavy (non-hydrogen) atoms. The van der Waals surface area contributed by atoms with Gasteiger partial charge in [0.2, 0.25) is 0 Å². The SMILES string of the molecule is CC[C@@H]1CCCCN1C(=O)COC(=O)CNC(=O)c1ccc(-c2ccccc2)cc1. The minimum Gasteiger partial charge on any atom is -0.454 e. The number of amides is 2. The molecule has 1 N–H and O–H groups in total. The normalized spacial score (nSPS) is 16.0. The van der Waals surface area contributed by atoms with Crippen LogP contribution in [0.2, 0.25) is 0 Å². The number of nitrogens with one attached hydrogen (secondary N) is 1. The van der Waals surface area contributed by atoms with E-state index in [-0.39, 0.29) is 31.0 Å². The van der Waals surface area contributed by atoms with Crippen molar-refractivity contribution < 1.29 is 19.1 Å². The van der Waals surface area contributed by atoms with Crippen LogP contribution in [0.25, 0.3) is 11.1 Å². The summed E-state index contributed by atoms with van der Waals surface area (Å²) in [5.41, 5.74) is 2.53. The van der Waals surface area contributed by atoms with Gasteiger partial charge < -0.3 is 15.0 Å². The van der Waals surface area contributed by atoms with Gasteiger partial charge in [0.15, 0.2) is 6.61 Å². The zero-order valence-corrected chi connectivity index (χ0v) is 17.3. The summed E-state index contributed by atoms with van der Waals surface area (Å²) in [6.07, 6.45) is 4.00. The maximum Gasteiger partial charge on any atom is 0.325 e. The number of esters is 1. The Morgan fingerprint density at radius 3 is 2.40 bits per heavy atom. The second kappa shape index (κ2) is 10.6. The van der Waals surface area contributed by atoms with Crippen LogP contribution in [0.3, 0.4) is 0 Å². The largest absolute Gasteiger partial charge is 0.454 e. The lowest BCUT2D eigenvalue weighted by Gasteiger charge is -2.35. The van der Waals surface area contributed by atoms with E-state index in [1.54, 1.807) is 12.1 Å². The molecule has 1 aliphatic rings. The molecule has 2 aromatic carbocycles. The first kappa shape index (κ1) is 21.6. The topological polar surface area (TPSA) is 75.7 Å². The van der Waals surface area contributed by atoms with E-state index in [1.165, 1.54) is 0 Å². The average molecular weight is 408 g/mol. The fraction of sp³-hybridized carbons (Fsp3) is 0.375. The van der Waals surface area contributed by atoms with Crippen LogP contribution >= 0.6 is 0 Å². The maximum atomic E-state index is 12.3. The number of hydrogen-bond donors (Lipinski definition) is 1. The van der Waals surface area contributed by atoms with Gasteiger partial charge in [0.05, 0.1) is 0 Å². The molecule has 0 spiro atoms. The molecule has 0 aliphatic carbocycles. The molecular weight excluding hydrogens is 380 g/mol. The van der Waals surface area contributed by atoms with Crippen molar-refractivity contribution in [2.75, 3.05) is 19.7 Å². The van der Waals surface area contributed by atoms with Gasteiger partial charge in [-0.05, 0) is 48.9 Å². The van der Waals surface area contributed by atoms with Crippen molar-refractivity contribution in [3.63, 3.8) is 0 Å². The summed E-state index contributed by atoms with van der Waals surface area (Å²) in [5.74, 6) is -1.15. The molecule has 1 fully saturated rings. The molecule has 1 aliphatic heterocycles. The lowest BCUT2D eigenvalue weighted by atomic mass is 10.00. The first-order valence-electron chi connectivity index (χ1n) is 10.5. The molecule has 2 aromatic rings. The van der Waals surface area contributed by atoms with E-state index in [0.29, 0.717) is 12.1 Å². The quantitative estimate of drug-likeness (QED) is 0.713. The third-order valence-corrected chi connectivity index (χ3v) is 5.42. The highest BCUT2D eigenvalue weighted by Crippen LogP contribution is 2.20. The summed E-state index contributed by atoms with van der Waals surface area (Å²) in [4.78, 5) is 38.4. The van der Waals surface area contributed by atoms with Gasteiger partial charge in [-0.2, -0.15) is 0 Å². The number of ether oxygens (including phenoxy) is 1. The van der Waals surface area contributed by atoms with Gasteiger partial charge in [0.1, 0.15) is 6.54 Å². The molecule has 2 amide bonds. The summed E-state index contributed by atoms with van der Waals surface area (Å²) in [5, 5.41) is 2.54. The molecular formula is C24H28N2O4. The van der Waals surface area contributed by atoms with E-state index in [4.69, 9.17) is 4.74 Å². The smallest absolute Gasteiger partial charge is 0.325 e. The number of piperidine rings is 1. The fourth-order valence-corrected chi connectivity index (χ4v) is 3.73. The first-order valence-corrected chi connectivity index (χ1v) is 10.5. The molecule has 0 saturated carbocycles. The predicted octanol–water partition coefficient (Wildman–Crippen LogP) is 3.42. The Hall–Kier alpha value is -3.15. The fourth-order valence-electron chi connectivity index (χ4n) is 3.73. The lowest BCUT2D eigenvalue weighted by molar-refractivity contribution is -0.152. The van der Waals surface area contributed by atoms with Crippen LogP contribution in [-0.2, 0) is 14.3 Å². The first-order chi connectivity index (χ1) is 14.6. The van der Waals surface area contributed by atoms with Gasteiger partial charge in [-0.25, -0.2) is 0 Å². The van der Waals surface area contributed by atoms with Crippen molar-refractivity contribution in [1.82, 2.24) is 10.2 Å². The van der Waals surface area contributed by atoms with Crippen molar-refractivity contribution in [2.24, 2.45) is 0 Å². The molecule has 1 atom stereocenters. The highest BCUT2D eigenvalue weighted by molar-refractivity contribution is 5.96. The minimum atomic E-state index is -0.623. The van der Waals surface area contributed by atoms with Crippen molar-refractivity contribution in [3.05, 3.63) is 60.2 Å². The van der Waals surface area contributed by atoms with E-state index >= 15 is 0 Å². The van der Waals surface area contributed by atoms with Crippen molar-refractivity contribution >= 4 is 17.8 Å². The molecule has 1 heterocycles. The van der Waals surface area contributed by atoms with Crippen LogP contribution in [0.5, 0.6) is 0 Å². The molecule has 0 radical (unpaired) electrons. The van der Waals surface area contributed by atoms with Crippen LogP contribution < -0.4 is 5.32 Å². The van der Waals surface area contributed by atoms with Gasteiger partial charge in [-0.1, -0.05) is 49.4 Å². The highest BCUT2D eigenvalue weighted by atomic mass is 16.5. The van der Waals surface area contributed by atoms with E-state index in [9.17, 15) is 14.4 Å². The Morgan fingerprint density at radius 1 is 1.00 bits per heavy atom. The monoisotopic (exact) mass is 408 g/mol. The maximum absolute atomic E-state index is 12.3. The van der Waals surface area contributed by atoms with Crippen LogP contribution in [0, 0.1) is 0 Å². The molecule has 6 nitrogen and oxygen atoms in total. The van der Waals surface area contributed by atoms with Crippen LogP contribution in [-0.4, -0.2) is 48.4 Å². The van der Waals surface area contributed by atoms with E-state index < -0.39 is 5.97 Å². The van der Waals surface area contributed by atoms with E-state index in [2.05, 4.69) is 12.2 Å². The van der Waals surface area contributed by atoms with E-state index in [1.807, 2.05) is 47.4 Å². The summed E-state index contributed by atoms with van der Waals surface area (Å²) in [6.45, 7) is 2.22. The van der Waals surface area contributed by atoms with Crippen LogP contribution in [0.4, 0.5) is 0 Å². The number of rotatable bonds is 7. The summed E-state index contributed by atoms with van der Waals surface area (Å²) < 4.78 is 5.07. The van der Waals surface area contributed by atoms with E-state index in [0.717, 1.165) is 36.8 Å². The molecule has 3 rings (SSSR count). The third-order valence-electron chi connectivity index (χ3n) is 5.42. The van der Waals surface area contributed by atoms with Crippen molar-refractivity contribution in [2.45, 2.75) is 38.6 Å². The number of carbonyl (C=O) groups is 3. The molecule has 0 aromatic heterocycles. The molecule has 0 unspecified atom stereocenters. The third kappa shape index (κ3) is 5.69. The molecule has 1 saturated heterocycles. The summed E-state index contributed by atoms with van der Waals surface area (Å²) >= 11 is 0. The standard InChI is InChI=1S/C24H28N2O4/c1-2-21-10-6-7-15-26(21)22(27)17-30-23(28)16-25-24(29)20-13-11-19(12-14-20)18-8-4-3-5-9-18/h3-5,8-9,11-14,21H,2,6-7,10,15-17H2,1H3,(H,25,29)/t21-/m1/s1. The summed E-state index contributed by atoms with van der Waals surface area (Å²) in [6, 6.07) is 17.3. The second-order valence-corrected chi connectivity index (χ2v) is 7.43. The number of carbonyl (C=O) groups excluding carboxylic acids is 3. The Morgan fingerprint density at radius 2 is 1.70 bits per heavy atom. The number of hydrogen-bond acceptors (Lipinski definition) is 4. The van der Waals surface area contributed by atoms with Gasteiger partial charge in [0, 0.05) is 18.2 Å². The summed E-state index contributed by atoms with van der Waals surface area (Å²) in [7, 11) is 0. The van der Waals surface area contributed by atoms with Gasteiger partial charge in [-0.15, -0.1) is 0 Å². The molecule has 158 valence electrons. The number of likely N-dealkylation sites (tertiary alicyclic amines) is 1. The zero-order valence-electron chi connectivity index (χ0n) is 17.3. The Kier molecular flexibility index (Phi) is 7.60. The van der Waals surface area contributed by atoms with Gasteiger partial charge >= 0.3 is 5.97 Å². The Labute approximate surface area is 177 Å². The molecule has 0 bridgehead atoms. The van der Waals surface area contributed by atoms with Crippen LogP contribution in [0.15, 0.2) is 54.6 Å². The molecule has 6 heteroatoms. The Balaban J connectivity index is 1.44. The average Bonchev–Trinajstić information content (AvgIpc) is 2.81. The van der Waals surface area contributed by atoms with Crippen LogP contribution in [0.1, 0.15) is 43.0 Å². The number of nitrogens with zero attached hydrogens (tertiary/aromatic N) is 1. The van der Waals surface area contributed by atoms with Gasteiger partial charge in [0.25, 0.3) is 11.8 Å². The zero-order chi connectivity index (χ0) is 21.3. The van der Waals surface area contributed by atoms with Crippen molar-refractivity contribution in [1.29, 1.82) is 0 Å². The second-order valence-electron chi connectivity index (χ2n) is 7.43. The highest BCUT2D eigenvalue weighted by Gasteiger charge is 2.25. The number of benzene rings is 2.